The highest BCUT2D eigenvalue weighted by atomic mass is 19.1. The molecule has 0 saturated carbocycles. The summed E-state index contributed by atoms with van der Waals surface area (Å²) in [6.45, 7) is 4.81. The van der Waals surface area contributed by atoms with Crippen LogP contribution in [0, 0.1) is 5.82 Å². The van der Waals surface area contributed by atoms with Gasteiger partial charge in [-0.15, -0.1) is 0 Å². The van der Waals surface area contributed by atoms with E-state index in [1.165, 1.54) is 6.07 Å². The van der Waals surface area contributed by atoms with Gasteiger partial charge in [0.25, 0.3) is 5.91 Å². The molecule has 0 radical (unpaired) electrons. The van der Waals surface area contributed by atoms with E-state index < -0.39 is 0 Å². The number of amides is 1. The van der Waals surface area contributed by atoms with Gasteiger partial charge in [-0.2, -0.15) is 0 Å². The molecule has 1 aromatic heterocycles. The molecular formula is C34H32FN3O2. The molecule has 40 heavy (non-hydrogen) atoms. The first-order valence-electron chi connectivity index (χ1n) is 13.7. The number of halogens is 1. The molecule has 0 N–H and O–H groups in total. The van der Waals surface area contributed by atoms with Crippen LogP contribution in [0.3, 0.4) is 0 Å². The molecule has 5 aromatic rings. The maximum absolute atomic E-state index is 14.4. The molecule has 202 valence electrons. The highest BCUT2D eigenvalue weighted by Gasteiger charge is 2.27. The number of hydrogen-bond donors (Lipinski definition) is 0. The number of piperazine rings is 1. The molecule has 5 nitrogen and oxygen atoms in total. The van der Waals surface area contributed by atoms with Crippen LogP contribution in [0.2, 0.25) is 0 Å². The minimum Gasteiger partial charge on any atom is -0.485 e. The highest BCUT2D eigenvalue weighted by molar-refractivity contribution is 6.00. The first kappa shape index (κ1) is 25.7. The zero-order valence-electron chi connectivity index (χ0n) is 22.5. The van der Waals surface area contributed by atoms with Gasteiger partial charge in [-0.3, -0.25) is 4.79 Å². The van der Waals surface area contributed by atoms with Crippen molar-refractivity contribution in [1.29, 1.82) is 0 Å². The molecule has 1 aliphatic heterocycles. The van der Waals surface area contributed by atoms with Crippen LogP contribution in [-0.2, 0) is 6.54 Å². The van der Waals surface area contributed by atoms with E-state index in [4.69, 9.17) is 4.74 Å². The van der Waals surface area contributed by atoms with Crippen LogP contribution in [-0.4, -0.2) is 41.6 Å². The normalized spacial score (nSPS) is 14.3. The minimum absolute atomic E-state index is 0.0256. The second kappa shape index (κ2) is 11.3. The molecular weight excluding hydrogens is 501 g/mol. The Morgan fingerprint density at radius 3 is 2.23 bits per heavy atom. The Morgan fingerprint density at radius 2 is 1.50 bits per heavy atom. The van der Waals surface area contributed by atoms with Crippen molar-refractivity contribution in [3.63, 3.8) is 0 Å². The summed E-state index contributed by atoms with van der Waals surface area (Å²) in [5, 5.41) is 0.912. The summed E-state index contributed by atoms with van der Waals surface area (Å²) in [5.74, 6) is 0.490. The van der Waals surface area contributed by atoms with E-state index in [-0.39, 0.29) is 17.8 Å². The van der Waals surface area contributed by atoms with Crippen LogP contribution >= 0.6 is 0 Å². The third-order valence-electron chi connectivity index (χ3n) is 7.64. The molecule has 0 spiro atoms. The lowest BCUT2D eigenvalue weighted by molar-refractivity contribution is 0.0736. The summed E-state index contributed by atoms with van der Waals surface area (Å²) in [6, 6.07) is 35.1. The standard InChI is InChI=1S/C34H32FN3O2/c1-25(27-13-6-3-7-14-27)40-33-18-10-17-30-28(33)23-32(38(30)24-26-11-4-2-5-12-26)34(39)37-21-19-36(20-22-37)31-16-9-8-15-29(31)35/h2-18,23,25H,19-22,24H2,1H3/t25-/m0/s1. The molecule has 4 aromatic carbocycles. The molecule has 2 heterocycles. The number of ether oxygens (including phenoxy) is 1. The Hall–Kier alpha value is -4.58. The van der Waals surface area contributed by atoms with Gasteiger partial charge in [0.05, 0.1) is 11.2 Å². The van der Waals surface area contributed by atoms with Crippen molar-refractivity contribution in [3.8, 4) is 5.75 Å². The predicted molar refractivity (Wildman–Crippen MR) is 157 cm³/mol. The summed E-state index contributed by atoms with van der Waals surface area (Å²) < 4.78 is 22.9. The third-order valence-corrected chi connectivity index (χ3v) is 7.64. The van der Waals surface area contributed by atoms with Gasteiger partial charge >= 0.3 is 0 Å². The Labute approximate surface area is 234 Å². The van der Waals surface area contributed by atoms with Crippen LogP contribution in [0.1, 0.15) is 34.6 Å². The van der Waals surface area contributed by atoms with Crippen LogP contribution in [0.25, 0.3) is 10.9 Å². The maximum Gasteiger partial charge on any atom is 0.270 e. The average Bonchev–Trinajstić information content (AvgIpc) is 3.37. The quantitative estimate of drug-likeness (QED) is 0.228. The number of hydrogen-bond acceptors (Lipinski definition) is 3. The summed E-state index contributed by atoms with van der Waals surface area (Å²) >= 11 is 0. The molecule has 0 bridgehead atoms. The lowest BCUT2D eigenvalue weighted by Crippen LogP contribution is -2.49. The Kier molecular flexibility index (Phi) is 7.23. The first-order chi connectivity index (χ1) is 19.6. The lowest BCUT2D eigenvalue weighted by atomic mass is 10.1. The Bertz CT molecular complexity index is 1610. The number of carbonyl (C=O) groups is 1. The van der Waals surface area contributed by atoms with Gasteiger partial charge < -0.3 is 19.1 Å². The van der Waals surface area contributed by atoms with E-state index >= 15 is 0 Å². The number of anilines is 1. The maximum atomic E-state index is 14.4. The molecule has 1 aliphatic rings. The number of carbonyl (C=O) groups excluding carboxylic acids is 1. The summed E-state index contributed by atoms with van der Waals surface area (Å²) in [6.07, 6.45) is -0.144. The fourth-order valence-corrected chi connectivity index (χ4v) is 5.48. The van der Waals surface area contributed by atoms with Gasteiger partial charge in [0.2, 0.25) is 0 Å². The molecule has 1 fully saturated rings. The number of nitrogens with zero attached hydrogens (tertiary/aromatic N) is 3. The lowest BCUT2D eigenvalue weighted by Gasteiger charge is -2.36. The molecule has 6 heteroatoms. The molecule has 6 rings (SSSR count). The van der Waals surface area contributed by atoms with Gasteiger partial charge in [-0.05, 0) is 48.4 Å². The molecule has 1 atom stereocenters. The average molecular weight is 534 g/mol. The van der Waals surface area contributed by atoms with Gasteiger partial charge in [0, 0.05) is 38.1 Å². The second-order valence-corrected chi connectivity index (χ2v) is 10.2. The summed E-state index contributed by atoms with van der Waals surface area (Å²) in [4.78, 5) is 17.9. The monoisotopic (exact) mass is 533 g/mol. The molecule has 0 aliphatic carbocycles. The van der Waals surface area contributed by atoms with E-state index in [0.29, 0.717) is 44.1 Å². The molecule has 1 amide bonds. The number of aromatic nitrogens is 1. The van der Waals surface area contributed by atoms with Gasteiger partial charge in [0.1, 0.15) is 23.4 Å². The number of benzene rings is 4. The van der Waals surface area contributed by atoms with Crippen LogP contribution in [0.4, 0.5) is 10.1 Å². The minimum atomic E-state index is -0.234. The molecule has 0 unspecified atom stereocenters. The van der Waals surface area contributed by atoms with Gasteiger partial charge in [-0.25, -0.2) is 4.39 Å². The van der Waals surface area contributed by atoms with Gasteiger partial charge in [0.15, 0.2) is 0 Å². The highest BCUT2D eigenvalue weighted by Crippen LogP contribution is 2.33. The van der Waals surface area contributed by atoms with Crippen LogP contribution in [0.5, 0.6) is 5.75 Å². The number of para-hydroxylation sites is 1. The zero-order valence-corrected chi connectivity index (χ0v) is 22.5. The van der Waals surface area contributed by atoms with E-state index in [0.717, 1.165) is 27.8 Å². The van der Waals surface area contributed by atoms with E-state index in [9.17, 15) is 9.18 Å². The largest absolute Gasteiger partial charge is 0.485 e. The van der Waals surface area contributed by atoms with Crippen molar-refractivity contribution in [3.05, 3.63) is 132 Å². The van der Waals surface area contributed by atoms with Crippen molar-refractivity contribution in [2.45, 2.75) is 19.6 Å². The Morgan fingerprint density at radius 1 is 0.825 bits per heavy atom. The second-order valence-electron chi connectivity index (χ2n) is 10.2. The number of fused-ring (bicyclic) bond motifs is 1. The Balaban J connectivity index is 1.32. The summed E-state index contributed by atoms with van der Waals surface area (Å²) in [7, 11) is 0. The first-order valence-corrected chi connectivity index (χ1v) is 13.7. The van der Waals surface area contributed by atoms with E-state index in [2.05, 4.69) is 28.8 Å². The number of rotatable bonds is 7. The fourth-order valence-electron chi connectivity index (χ4n) is 5.48. The molecule has 1 saturated heterocycles. The van der Waals surface area contributed by atoms with Crippen LogP contribution < -0.4 is 9.64 Å². The zero-order chi connectivity index (χ0) is 27.5. The van der Waals surface area contributed by atoms with Crippen molar-refractivity contribution in [2.24, 2.45) is 0 Å². The van der Waals surface area contributed by atoms with Crippen molar-refractivity contribution >= 4 is 22.5 Å². The smallest absolute Gasteiger partial charge is 0.270 e. The predicted octanol–water partition coefficient (Wildman–Crippen LogP) is 6.93. The SMILES string of the molecule is C[C@H](Oc1cccc2c1cc(C(=O)N1CCN(c3ccccc3F)CC1)n2Cc1ccccc1)c1ccccc1. The van der Waals surface area contributed by atoms with E-state index in [1.54, 1.807) is 12.1 Å². The van der Waals surface area contributed by atoms with Crippen molar-refractivity contribution in [2.75, 3.05) is 31.1 Å². The van der Waals surface area contributed by atoms with Gasteiger partial charge in [-0.1, -0.05) is 78.9 Å². The van der Waals surface area contributed by atoms with Crippen molar-refractivity contribution < 1.29 is 13.9 Å². The summed E-state index contributed by atoms with van der Waals surface area (Å²) in [5.41, 5.74) is 4.37. The van der Waals surface area contributed by atoms with E-state index in [1.807, 2.05) is 83.5 Å². The topological polar surface area (TPSA) is 37.7 Å². The van der Waals surface area contributed by atoms with Crippen molar-refractivity contribution in [1.82, 2.24) is 9.47 Å². The fraction of sp³-hybridized carbons (Fsp3) is 0.206. The van der Waals surface area contributed by atoms with Crippen LogP contribution in [0.15, 0.2) is 109 Å². The third kappa shape index (κ3) is 5.17.